The molecule has 0 saturated heterocycles. The molecule has 1 aromatic carbocycles. The minimum Gasteiger partial charge on any atom is -0.493 e. The molecule has 0 spiro atoms. The lowest BCUT2D eigenvalue weighted by Gasteiger charge is -2.11. The molecule has 1 aromatic rings. The summed E-state index contributed by atoms with van der Waals surface area (Å²) in [5, 5.41) is 8.71. The Morgan fingerprint density at radius 3 is 2.89 bits per heavy atom. The van der Waals surface area contributed by atoms with Crippen molar-refractivity contribution in [3.05, 3.63) is 29.8 Å². The second-order valence-electron chi connectivity index (χ2n) is 4.27. The summed E-state index contributed by atoms with van der Waals surface area (Å²) in [5.41, 5.74) is 6.55. The molecular formula is C14H21NO3S. The number of hydrogen-bond donors (Lipinski definition) is 2. The van der Waals surface area contributed by atoms with Gasteiger partial charge in [-0.1, -0.05) is 31.5 Å². The first-order chi connectivity index (χ1) is 9.15. The van der Waals surface area contributed by atoms with E-state index in [1.807, 2.05) is 24.3 Å². The number of para-hydroxylation sites is 1. The van der Waals surface area contributed by atoms with E-state index in [4.69, 9.17) is 15.6 Å². The number of carboxylic acids is 1. The number of benzene rings is 1. The second kappa shape index (κ2) is 8.82. The topological polar surface area (TPSA) is 72.5 Å². The first-order valence-corrected chi connectivity index (χ1v) is 7.57. The highest BCUT2D eigenvalue weighted by Crippen LogP contribution is 2.23. The summed E-state index contributed by atoms with van der Waals surface area (Å²) in [4.78, 5) is 10.6. The number of unbranched alkanes of at least 4 members (excludes halogenated alkanes) is 1. The van der Waals surface area contributed by atoms with Gasteiger partial charge in [0.25, 0.3) is 0 Å². The Hall–Kier alpha value is -1.20. The van der Waals surface area contributed by atoms with Crippen LogP contribution in [0.1, 0.15) is 25.3 Å². The molecule has 106 valence electrons. The summed E-state index contributed by atoms with van der Waals surface area (Å²) in [7, 11) is 0. The molecule has 0 radical (unpaired) electrons. The number of nitrogens with two attached hydrogens (primary N) is 1. The molecule has 19 heavy (non-hydrogen) atoms. The van der Waals surface area contributed by atoms with Gasteiger partial charge in [0.05, 0.1) is 6.61 Å². The van der Waals surface area contributed by atoms with Crippen LogP contribution < -0.4 is 10.5 Å². The highest BCUT2D eigenvalue weighted by molar-refractivity contribution is 7.98. The van der Waals surface area contributed by atoms with Gasteiger partial charge in [0.2, 0.25) is 0 Å². The number of rotatable bonds is 9. The molecule has 0 saturated carbocycles. The van der Waals surface area contributed by atoms with Crippen molar-refractivity contribution in [3.63, 3.8) is 0 Å². The maximum atomic E-state index is 10.6. The minimum absolute atomic E-state index is 0.401. The van der Waals surface area contributed by atoms with Crippen LogP contribution in [-0.4, -0.2) is 29.5 Å². The molecule has 1 rings (SSSR count). The Labute approximate surface area is 118 Å². The molecule has 3 N–H and O–H groups in total. The number of ether oxygens (including phenoxy) is 1. The average molecular weight is 283 g/mol. The molecule has 0 bridgehead atoms. The van der Waals surface area contributed by atoms with E-state index in [0.29, 0.717) is 18.1 Å². The van der Waals surface area contributed by atoms with Crippen molar-refractivity contribution in [1.82, 2.24) is 0 Å². The predicted octanol–water partition coefficient (Wildman–Crippen LogP) is 2.51. The van der Waals surface area contributed by atoms with Gasteiger partial charge < -0.3 is 15.6 Å². The van der Waals surface area contributed by atoms with Crippen LogP contribution in [0.4, 0.5) is 0 Å². The van der Waals surface area contributed by atoms with Crippen LogP contribution in [0.3, 0.4) is 0 Å². The van der Waals surface area contributed by atoms with Gasteiger partial charge in [0.15, 0.2) is 0 Å². The van der Waals surface area contributed by atoms with Crippen molar-refractivity contribution in [2.75, 3.05) is 12.4 Å². The number of thioether (sulfide) groups is 1. The van der Waals surface area contributed by atoms with E-state index in [1.54, 1.807) is 0 Å². The third kappa shape index (κ3) is 5.98. The molecule has 4 nitrogen and oxygen atoms in total. The molecular weight excluding hydrogens is 262 g/mol. The summed E-state index contributed by atoms with van der Waals surface area (Å²) in [6, 6.07) is 7.04. The quantitative estimate of drug-likeness (QED) is 0.681. The van der Waals surface area contributed by atoms with Gasteiger partial charge in [-0.3, -0.25) is 4.79 Å². The van der Waals surface area contributed by atoms with E-state index in [-0.39, 0.29) is 0 Å². The van der Waals surface area contributed by atoms with Crippen LogP contribution in [0, 0.1) is 0 Å². The third-order valence-corrected chi connectivity index (χ3v) is 3.71. The van der Waals surface area contributed by atoms with Crippen LogP contribution in [0.5, 0.6) is 5.75 Å². The Bertz CT molecular complexity index is 398. The second-order valence-corrected chi connectivity index (χ2v) is 5.30. The summed E-state index contributed by atoms with van der Waals surface area (Å²) >= 11 is 1.51. The number of carbonyl (C=O) groups is 1. The van der Waals surface area contributed by atoms with Crippen LogP contribution in [0.2, 0.25) is 0 Å². The summed E-state index contributed by atoms with van der Waals surface area (Å²) in [5.74, 6) is 1.04. The fourth-order valence-electron chi connectivity index (χ4n) is 1.46. The van der Waals surface area contributed by atoms with Gasteiger partial charge >= 0.3 is 5.97 Å². The standard InChI is InChI=1S/C14H21NO3S/c1-2-3-8-18-13-7-5-4-6-11(13)9-19-10-12(15)14(16)17/h4-7,12H,2-3,8-10,15H2,1H3,(H,16,17). The van der Waals surface area contributed by atoms with Crippen molar-refractivity contribution in [1.29, 1.82) is 0 Å². The first kappa shape index (κ1) is 15.9. The summed E-state index contributed by atoms with van der Waals surface area (Å²) in [6.45, 7) is 2.84. The lowest BCUT2D eigenvalue weighted by molar-refractivity contribution is -0.137. The number of aliphatic carboxylic acids is 1. The van der Waals surface area contributed by atoms with Gasteiger partial charge in [-0.15, -0.1) is 0 Å². The van der Waals surface area contributed by atoms with Crippen LogP contribution >= 0.6 is 11.8 Å². The predicted molar refractivity (Wildman–Crippen MR) is 78.6 cm³/mol. The molecule has 0 aliphatic carbocycles. The molecule has 0 aliphatic rings. The molecule has 0 aliphatic heterocycles. The van der Waals surface area contributed by atoms with E-state index in [2.05, 4.69) is 6.92 Å². The number of hydrogen-bond acceptors (Lipinski definition) is 4. The Morgan fingerprint density at radius 2 is 2.21 bits per heavy atom. The van der Waals surface area contributed by atoms with Gasteiger partial charge in [0, 0.05) is 17.1 Å². The first-order valence-electron chi connectivity index (χ1n) is 6.42. The van der Waals surface area contributed by atoms with E-state index < -0.39 is 12.0 Å². The largest absolute Gasteiger partial charge is 0.493 e. The van der Waals surface area contributed by atoms with Crippen LogP contribution in [0.25, 0.3) is 0 Å². The lowest BCUT2D eigenvalue weighted by Crippen LogP contribution is -2.32. The van der Waals surface area contributed by atoms with Crippen molar-refractivity contribution < 1.29 is 14.6 Å². The van der Waals surface area contributed by atoms with E-state index in [1.165, 1.54) is 11.8 Å². The zero-order valence-corrected chi connectivity index (χ0v) is 12.0. The maximum absolute atomic E-state index is 10.6. The smallest absolute Gasteiger partial charge is 0.321 e. The third-order valence-electron chi connectivity index (χ3n) is 2.60. The number of carboxylic acid groups (broad SMARTS) is 1. The lowest BCUT2D eigenvalue weighted by atomic mass is 10.2. The van der Waals surface area contributed by atoms with Crippen LogP contribution in [0.15, 0.2) is 24.3 Å². The molecule has 0 amide bonds. The van der Waals surface area contributed by atoms with E-state index in [0.717, 1.165) is 24.2 Å². The zero-order chi connectivity index (χ0) is 14.1. The molecule has 0 heterocycles. The van der Waals surface area contributed by atoms with Crippen LogP contribution in [-0.2, 0) is 10.5 Å². The van der Waals surface area contributed by atoms with Crippen molar-refractivity contribution >= 4 is 17.7 Å². The zero-order valence-electron chi connectivity index (χ0n) is 11.2. The average Bonchev–Trinajstić information content (AvgIpc) is 2.40. The highest BCUT2D eigenvalue weighted by atomic mass is 32.2. The van der Waals surface area contributed by atoms with Crippen molar-refractivity contribution in [2.45, 2.75) is 31.6 Å². The monoisotopic (exact) mass is 283 g/mol. The SMILES string of the molecule is CCCCOc1ccccc1CSCC(N)C(=O)O. The van der Waals surface area contributed by atoms with Gasteiger partial charge in [-0.05, 0) is 12.5 Å². The maximum Gasteiger partial charge on any atom is 0.321 e. The Kier molecular flexibility index (Phi) is 7.36. The fraction of sp³-hybridized carbons (Fsp3) is 0.500. The summed E-state index contributed by atoms with van der Waals surface area (Å²) < 4.78 is 5.72. The Morgan fingerprint density at radius 1 is 1.47 bits per heavy atom. The molecule has 1 atom stereocenters. The van der Waals surface area contributed by atoms with Crippen molar-refractivity contribution in [2.24, 2.45) is 5.73 Å². The van der Waals surface area contributed by atoms with E-state index >= 15 is 0 Å². The van der Waals surface area contributed by atoms with Gasteiger partial charge in [-0.25, -0.2) is 0 Å². The van der Waals surface area contributed by atoms with E-state index in [9.17, 15) is 4.79 Å². The highest BCUT2D eigenvalue weighted by Gasteiger charge is 2.11. The molecule has 1 unspecified atom stereocenters. The molecule has 5 heteroatoms. The van der Waals surface area contributed by atoms with Crippen molar-refractivity contribution in [3.8, 4) is 5.75 Å². The summed E-state index contributed by atoms with van der Waals surface area (Å²) in [6.07, 6.45) is 2.13. The fourth-order valence-corrected chi connectivity index (χ4v) is 2.43. The van der Waals surface area contributed by atoms with Gasteiger partial charge in [0.1, 0.15) is 11.8 Å². The Balaban J connectivity index is 2.46. The molecule has 0 fully saturated rings. The molecule has 0 aromatic heterocycles. The van der Waals surface area contributed by atoms with Gasteiger partial charge in [-0.2, -0.15) is 11.8 Å². The normalized spacial score (nSPS) is 12.1. The minimum atomic E-state index is -0.958.